The Balaban J connectivity index is 1.58. The molecule has 0 unspecified atom stereocenters. The standard InChI is InChI=1S/C19H19N3O3/c1-24-16-6-4-5-15-17(23)14(12-25-18(15)16)9-13-10-20-19(21-11-13)22-7-2-3-8-22/h4-6,9-11H,2-3,7-8,12H2,1H3/b14-9-. The van der Waals surface area contributed by atoms with Gasteiger partial charge < -0.3 is 14.4 Å². The summed E-state index contributed by atoms with van der Waals surface area (Å²) >= 11 is 0. The maximum absolute atomic E-state index is 12.7. The Morgan fingerprint density at radius 1 is 1.20 bits per heavy atom. The molecule has 128 valence electrons. The molecule has 1 saturated heterocycles. The molecule has 0 radical (unpaired) electrons. The second-order valence-corrected chi connectivity index (χ2v) is 6.13. The first kappa shape index (κ1) is 15.6. The lowest BCUT2D eigenvalue weighted by atomic mass is 9.98. The van der Waals surface area contributed by atoms with Crippen molar-refractivity contribution < 1.29 is 14.3 Å². The van der Waals surface area contributed by atoms with Crippen LogP contribution in [0.4, 0.5) is 5.95 Å². The quantitative estimate of drug-likeness (QED) is 0.803. The van der Waals surface area contributed by atoms with Crippen molar-refractivity contribution in [2.24, 2.45) is 0 Å². The summed E-state index contributed by atoms with van der Waals surface area (Å²) in [6, 6.07) is 5.32. The van der Waals surface area contributed by atoms with E-state index in [0.717, 1.165) is 24.6 Å². The van der Waals surface area contributed by atoms with Gasteiger partial charge in [-0.2, -0.15) is 0 Å². The van der Waals surface area contributed by atoms with E-state index in [-0.39, 0.29) is 12.4 Å². The van der Waals surface area contributed by atoms with E-state index in [0.29, 0.717) is 22.6 Å². The van der Waals surface area contributed by atoms with Gasteiger partial charge in [0.2, 0.25) is 5.95 Å². The Hall–Kier alpha value is -2.89. The number of rotatable bonds is 3. The van der Waals surface area contributed by atoms with Gasteiger partial charge >= 0.3 is 0 Å². The number of aromatic nitrogens is 2. The highest BCUT2D eigenvalue weighted by molar-refractivity contribution is 6.14. The lowest BCUT2D eigenvalue weighted by Crippen LogP contribution is -2.20. The molecule has 0 spiro atoms. The number of ketones is 1. The Bertz CT molecular complexity index is 824. The first-order valence-corrected chi connectivity index (χ1v) is 8.38. The molecular formula is C19H19N3O3. The molecule has 0 bridgehead atoms. The van der Waals surface area contributed by atoms with E-state index in [1.54, 1.807) is 43.8 Å². The molecule has 25 heavy (non-hydrogen) atoms. The molecule has 0 aliphatic carbocycles. The molecular weight excluding hydrogens is 318 g/mol. The number of fused-ring (bicyclic) bond motifs is 1. The van der Waals surface area contributed by atoms with Gasteiger partial charge in [-0.25, -0.2) is 9.97 Å². The Morgan fingerprint density at radius 3 is 2.68 bits per heavy atom. The summed E-state index contributed by atoms with van der Waals surface area (Å²) in [5, 5.41) is 0. The van der Waals surface area contributed by atoms with E-state index in [9.17, 15) is 4.79 Å². The second-order valence-electron chi connectivity index (χ2n) is 6.13. The molecule has 2 aromatic rings. The maximum Gasteiger partial charge on any atom is 0.225 e. The summed E-state index contributed by atoms with van der Waals surface area (Å²) in [6.07, 6.45) is 7.66. The predicted molar refractivity (Wildman–Crippen MR) is 94.3 cm³/mol. The first-order chi connectivity index (χ1) is 12.3. The van der Waals surface area contributed by atoms with Gasteiger partial charge in [-0.05, 0) is 31.1 Å². The molecule has 0 amide bonds. The Labute approximate surface area is 146 Å². The Kier molecular flexibility index (Phi) is 4.09. The number of Topliss-reactive ketones (excluding diaryl/α,β-unsaturated/α-hetero) is 1. The third kappa shape index (κ3) is 2.95. The lowest BCUT2D eigenvalue weighted by Gasteiger charge is -2.20. The lowest BCUT2D eigenvalue weighted by molar-refractivity contribution is 0.0999. The zero-order chi connectivity index (χ0) is 17.2. The summed E-state index contributed by atoms with van der Waals surface area (Å²) < 4.78 is 11.0. The van der Waals surface area contributed by atoms with Gasteiger partial charge in [0.25, 0.3) is 0 Å². The zero-order valence-electron chi connectivity index (χ0n) is 14.1. The van der Waals surface area contributed by atoms with E-state index >= 15 is 0 Å². The molecule has 3 heterocycles. The van der Waals surface area contributed by atoms with Gasteiger partial charge in [-0.1, -0.05) is 6.07 Å². The maximum atomic E-state index is 12.7. The third-order valence-electron chi connectivity index (χ3n) is 4.50. The largest absolute Gasteiger partial charge is 0.493 e. The van der Waals surface area contributed by atoms with Crippen molar-refractivity contribution >= 4 is 17.8 Å². The van der Waals surface area contributed by atoms with Crippen LogP contribution in [-0.2, 0) is 0 Å². The zero-order valence-corrected chi connectivity index (χ0v) is 14.1. The van der Waals surface area contributed by atoms with E-state index in [2.05, 4.69) is 14.9 Å². The molecule has 1 aromatic heterocycles. The average Bonchev–Trinajstić information content (AvgIpc) is 3.19. The predicted octanol–water partition coefficient (Wildman–Crippen LogP) is 2.74. The number of anilines is 1. The molecule has 1 fully saturated rings. The second kappa shape index (κ2) is 6.55. The number of ether oxygens (including phenoxy) is 2. The molecule has 4 rings (SSSR count). The van der Waals surface area contributed by atoms with Gasteiger partial charge in [-0.15, -0.1) is 0 Å². The van der Waals surface area contributed by atoms with E-state index in [1.165, 1.54) is 12.8 Å². The fourth-order valence-corrected chi connectivity index (χ4v) is 3.19. The summed E-state index contributed by atoms with van der Waals surface area (Å²) in [5.41, 5.74) is 1.89. The summed E-state index contributed by atoms with van der Waals surface area (Å²) in [4.78, 5) is 23.7. The first-order valence-electron chi connectivity index (χ1n) is 8.38. The number of hydrogen-bond donors (Lipinski definition) is 0. The highest BCUT2D eigenvalue weighted by Crippen LogP contribution is 2.36. The van der Waals surface area contributed by atoms with E-state index < -0.39 is 0 Å². The van der Waals surface area contributed by atoms with Gasteiger partial charge in [0.15, 0.2) is 17.3 Å². The fraction of sp³-hybridized carbons (Fsp3) is 0.316. The van der Waals surface area contributed by atoms with Crippen molar-refractivity contribution in [2.75, 3.05) is 31.7 Å². The van der Waals surface area contributed by atoms with Crippen molar-refractivity contribution in [1.29, 1.82) is 0 Å². The smallest absolute Gasteiger partial charge is 0.225 e. The molecule has 0 N–H and O–H groups in total. The van der Waals surface area contributed by atoms with Crippen LogP contribution in [-0.4, -0.2) is 42.6 Å². The van der Waals surface area contributed by atoms with Crippen LogP contribution in [0.2, 0.25) is 0 Å². The highest BCUT2D eigenvalue weighted by atomic mass is 16.5. The Morgan fingerprint density at radius 2 is 1.96 bits per heavy atom. The summed E-state index contributed by atoms with van der Waals surface area (Å²) in [5.74, 6) is 1.78. The van der Waals surface area contributed by atoms with Crippen LogP contribution in [0, 0.1) is 0 Å². The van der Waals surface area contributed by atoms with E-state index in [4.69, 9.17) is 9.47 Å². The minimum absolute atomic E-state index is 0.0521. The molecule has 2 aliphatic rings. The van der Waals surface area contributed by atoms with Crippen molar-refractivity contribution in [1.82, 2.24) is 9.97 Å². The van der Waals surface area contributed by atoms with Gasteiger partial charge in [-0.3, -0.25) is 4.79 Å². The van der Waals surface area contributed by atoms with Crippen molar-refractivity contribution in [3.05, 3.63) is 47.3 Å². The number of carbonyl (C=O) groups is 1. The van der Waals surface area contributed by atoms with Crippen molar-refractivity contribution in [2.45, 2.75) is 12.8 Å². The number of para-hydroxylation sites is 1. The van der Waals surface area contributed by atoms with Crippen LogP contribution < -0.4 is 14.4 Å². The van der Waals surface area contributed by atoms with Crippen LogP contribution in [0.25, 0.3) is 6.08 Å². The third-order valence-corrected chi connectivity index (χ3v) is 4.50. The number of hydrogen-bond acceptors (Lipinski definition) is 6. The molecule has 6 nitrogen and oxygen atoms in total. The molecule has 0 saturated carbocycles. The van der Waals surface area contributed by atoms with Crippen molar-refractivity contribution in [3.8, 4) is 11.5 Å². The van der Waals surface area contributed by atoms with Gasteiger partial charge in [0.1, 0.15) is 6.61 Å². The minimum Gasteiger partial charge on any atom is -0.493 e. The molecule has 0 atom stereocenters. The van der Waals surface area contributed by atoms with Crippen LogP contribution in [0.15, 0.2) is 36.2 Å². The number of methoxy groups -OCH3 is 1. The van der Waals surface area contributed by atoms with Crippen LogP contribution >= 0.6 is 0 Å². The highest BCUT2D eigenvalue weighted by Gasteiger charge is 2.26. The fourth-order valence-electron chi connectivity index (χ4n) is 3.19. The summed E-state index contributed by atoms with van der Waals surface area (Å²) in [7, 11) is 1.56. The monoisotopic (exact) mass is 337 g/mol. The normalized spacial score (nSPS) is 18.2. The van der Waals surface area contributed by atoms with Crippen LogP contribution in [0.5, 0.6) is 11.5 Å². The number of benzene rings is 1. The number of carbonyl (C=O) groups excluding carboxylic acids is 1. The van der Waals surface area contributed by atoms with Gasteiger partial charge in [0, 0.05) is 36.6 Å². The van der Waals surface area contributed by atoms with Crippen molar-refractivity contribution in [3.63, 3.8) is 0 Å². The molecule has 6 heteroatoms. The molecule has 2 aliphatic heterocycles. The summed E-state index contributed by atoms with van der Waals surface area (Å²) in [6.45, 7) is 2.22. The van der Waals surface area contributed by atoms with Gasteiger partial charge in [0.05, 0.1) is 12.7 Å². The SMILES string of the molecule is COc1cccc2c1OC/C(=C/c1cnc(N3CCCC3)nc1)C2=O. The average molecular weight is 337 g/mol. The number of nitrogens with zero attached hydrogens (tertiary/aromatic N) is 3. The minimum atomic E-state index is -0.0521. The van der Waals surface area contributed by atoms with Crippen LogP contribution in [0.3, 0.4) is 0 Å². The molecule has 1 aromatic carbocycles. The topological polar surface area (TPSA) is 64.6 Å². The van der Waals surface area contributed by atoms with Crippen LogP contribution in [0.1, 0.15) is 28.8 Å². The van der Waals surface area contributed by atoms with E-state index in [1.807, 2.05) is 0 Å².